The quantitative estimate of drug-likeness (QED) is 0.484. The summed E-state index contributed by atoms with van der Waals surface area (Å²) in [5.74, 6) is 0. The molecule has 0 aromatic rings. The molecule has 14 heavy (non-hydrogen) atoms. The Morgan fingerprint density at radius 1 is 1.14 bits per heavy atom. The highest BCUT2D eigenvalue weighted by Crippen LogP contribution is 2.14. The van der Waals surface area contributed by atoms with E-state index in [0.717, 1.165) is 6.42 Å². The Hall–Kier alpha value is -0.363. The molecule has 0 heterocycles. The van der Waals surface area contributed by atoms with Crippen molar-refractivity contribution in [2.45, 2.75) is 26.0 Å². The summed E-state index contributed by atoms with van der Waals surface area (Å²) >= 11 is 0. The molecule has 0 fully saturated rings. The van der Waals surface area contributed by atoms with Crippen LogP contribution in [0.5, 0.6) is 0 Å². The highest BCUT2D eigenvalue weighted by molar-refractivity contribution is 6.61. The van der Waals surface area contributed by atoms with Gasteiger partial charge in [-0.05, 0) is 13.3 Å². The van der Waals surface area contributed by atoms with Crippen molar-refractivity contribution in [1.29, 1.82) is 0 Å². The Labute approximate surface area is 87.2 Å². The maximum absolute atomic E-state index is 5.43. The average molecular weight is 220 g/mol. The van der Waals surface area contributed by atoms with Gasteiger partial charge in [0.1, 0.15) is 0 Å². The fourth-order valence-corrected chi connectivity index (χ4v) is 2.84. The van der Waals surface area contributed by atoms with Crippen LogP contribution in [0.15, 0.2) is 12.3 Å². The Bertz CT molecular complexity index is 160. The monoisotopic (exact) mass is 220 g/mol. The number of allylic oxidation sites excluding steroid dienone is 1. The first-order valence-corrected chi connectivity index (χ1v) is 6.43. The molecule has 0 aromatic heterocycles. The van der Waals surface area contributed by atoms with Gasteiger partial charge in [-0.3, -0.25) is 0 Å². The van der Waals surface area contributed by atoms with Crippen LogP contribution in [0.3, 0.4) is 0 Å². The van der Waals surface area contributed by atoms with Crippen LogP contribution in [-0.2, 0) is 18.0 Å². The highest BCUT2D eigenvalue weighted by atomic mass is 28.4. The minimum atomic E-state index is -2.64. The molecule has 0 aliphatic heterocycles. The SMILES string of the molecule is CC/C=C\OC(C)[Si](OC)(OC)OC. The molecule has 0 aliphatic carbocycles. The third kappa shape index (κ3) is 3.41. The van der Waals surface area contributed by atoms with E-state index in [9.17, 15) is 0 Å². The second kappa shape index (κ2) is 7.00. The molecular formula is C9H20O4Si. The first kappa shape index (κ1) is 13.6. The van der Waals surface area contributed by atoms with Gasteiger partial charge < -0.3 is 18.0 Å². The van der Waals surface area contributed by atoms with Crippen LogP contribution in [0, 0.1) is 0 Å². The minimum absolute atomic E-state index is 0.203. The summed E-state index contributed by atoms with van der Waals surface area (Å²) in [4.78, 5) is 0. The van der Waals surface area contributed by atoms with Crippen molar-refractivity contribution in [3.8, 4) is 0 Å². The van der Waals surface area contributed by atoms with Gasteiger partial charge in [-0.2, -0.15) is 0 Å². The zero-order valence-corrected chi connectivity index (χ0v) is 10.6. The highest BCUT2D eigenvalue weighted by Gasteiger charge is 2.46. The zero-order chi connectivity index (χ0) is 11.0. The Kier molecular flexibility index (Phi) is 6.82. The molecule has 0 saturated heterocycles. The molecule has 0 radical (unpaired) electrons. The largest absolute Gasteiger partial charge is 0.542 e. The normalized spacial score (nSPS) is 14.6. The van der Waals surface area contributed by atoms with Crippen molar-refractivity contribution < 1.29 is 18.0 Å². The lowest BCUT2D eigenvalue weighted by molar-refractivity contribution is 0.0579. The van der Waals surface area contributed by atoms with Crippen molar-refractivity contribution in [1.82, 2.24) is 0 Å². The summed E-state index contributed by atoms with van der Waals surface area (Å²) < 4.78 is 21.2. The molecule has 0 N–H and O–H groups in total. The van der Waals surface area contributed by atoms with Crippen LogP contribution in [0.4, 0.5) is 0 Å². The standard InChI is InChI=1S/C9H20O4Si/c1-6-7-8-13-9(2)14(10-3,11-4)12-5/h7-9H,6H2,1-5H3/b8-7-. The molecule has 5 heteroatoms. The number of ether oxygens (including phenoxy) is 1. The topological polar surface area (TPSA) is 36.9 Å². The fourth-order valence-electron chi connectivity index (χ4n) is 1.10. The van der Waals surface area contributed by atoms with E-state index >= 15 is 0 Å². The fraction of sp³-hybridized carbons (Fsp3) is 0.778. The first-order chi connectivity index (χ1) is 6.66. The Morgan fingerprint density at radius 2 is 1.64 bits per heavy atom. The Morgan fingerprint density at radius 3 is 2.00 bits per heavy atom. The van der Waals surface area contributed by atoms with E-state index in [0.29, 0.717) is 0 Å². The van der Waals surface area contributed by atoms with Crippen LogP contribution in [0.25, 0.3) is 0 Å². The molecule has 0 bridgehead atoms. The molecular weight excluding hydrogens is 200 g/mol. The molecule has 0 spiro atoms. The van der Waals surface area contributed by atoms with Crippen molar-refractivity contribution in [3.63, 3.8) is 0 Å². The molecule has 0 aliphatic rings. The number of hydrogen-bond acceptors (Lipinski definition) is 4. The summed E-state index contributed by atoms with van der Waals surface area (Å²) in [6, 6.07) is 0. The van der Waals surface area contributed by atoms with E-state index in [1.165, 1.54) is 0 Å². The second-order valence-electron chi connectivity index (χ2n) is 2.77. The summed E-state index contributed by atoms with van der Waals surface area (Å²) in [7, 11) is 2.07. The lowest BCUT2D eigenvalue weighted by atomic mass is 10.5. The van der Waals surface area contributed by atoms with Crippen LogP contribution in [-0.4, -0.2) is 35.9 Å². The summed E-state index contributed by atoms with van der Waals surface area (Å²) in [5.41, 5.74) is -0.203. The molecule has 0 rings (SSSR count). The van der Waals surface area contributed by atoms with Crippen LogP contribution in [0.1, 0.15) is 20.3 Å². The molecule has 0 amide bonds. The van der Waals surface area contributed by atoms with Crippen molar-refractivity contribution >= 4 is 8.80 Å². The van der Waals surface area contributed by atoms with E-state index in [-0.39, 0.29) is 5.73 Å². The predicted octanol–water partition coefficient (Wildman–Crippen LogP) is 1.73. The lowest BCUT2D eigenvalue weighted by Gasteiger charge is -2.29. The zero-order valence-electron chi connectivity index (χ0n) is 9.57. The third-order valence-electron chi connectivity index (χ3n) is 1.97. The summed E-state index contributed by atoms with van der Waals surface area (Å²) in [6.45, 7) is 3.92. The maximum Gasteiger partial charge on any atom is 0.542 e. The van der Waals surface area contributed by atoms with Gasteiger partial charge in [0, 0.05) is 21.3 Å². The summed E-state index contributed by atoms with van der Waals surface area (Å²) in [6.07, 6.45) is 4.52. The van der Waals surface area contributed by atoms with Gasteiger partial charge in [0.2, 0.25) is 0 Å². The van der Waals surface area contributed by atoms with E-state index in [1.54, 1.807) is 27.6 Å². The van der Waals surface area contributed by atoms with Gasteiger partial charge in [-0.25, -0.2) is 0 Å². The molecule has 0 aromatic carbocycles. The number of rotatable bonds is 7. The Balaban J connectivity index is 4.28. The van der Waals surface area contributed by atoms with Gasteiger partial charge in [-0.15, -0.1) is 0 Å². The van der Waals surface area contributed by atoms with Crippen molar-refractivity contribution in [2.24, 2.45) is 0 Å². The summed E-state index contributed by atoms with van der Waals surface area (Å²) in [5, 5.41) is 0. The molecule has 1 unspecified atom stereocenters. The van der Waals surface area contributed by atoms with Gasteiger partial charge in [0.15, 0.2) is 5.73 Å². The van der Waals surface area contributed by atoms with Crippen molar-refractivity contribution in [2.75, 3.05) is 21.3 Å². The van der Waals surface area contributed by atoms with Gasteiger partial charge >= 0.3 is 8.80 Å². The number of hydrogen-bond donors (Lipinski definition) is 0. The lowest BCUT2D eigenvalue weighted by Crippen LogP contribution is -2.53. The predicted molar refractivity (Wildman–Crippen MR) is 56.8 cm³/mol. The van der Waals surface area contributed by atoms with E-state index < -0.39 is 8.80 Å². The minimum Gasteiger partial charge on any atom is -0.494 e. The average Bonchev–Trinajstić information content (AvgIpc) is 2.22. The maximum atomic E-state index is 5.43. The van der Waals surface area contributed by atoms with E-state index in [1.807, 2.05) is 19.9 Å². The van der Waals surface area contributed by atoms with Crippen LogP contribution >= 0.6 is 0 Å². The third-order valence-corrected chi connectivity index (χ3v) is 4.81. The van der Waals surface area contributed by atoms with E-state index in [2.05, 4.69) is 0 Å². The molecule has 0 saturated carbocycles. The molecule has 1 atom stereocenters. The smallest absolute Gasteiger partial charge is 0.494 e. The molecule has 4 nitrogen and oxygen atoms in total. The van der Waals surface area contributed by atoms with Gasteiger partial charge in [0.05, 0.1) is 6.26 Å². The van der Waals surface area contributed by atoms with Crippen molar-refractivity contribution in [3.05, 3.63) is 12.3 Å². The molecule has 84 valence electrons. The van der Waals surface area contributed by atoms with Gasteiger partial charge in [0.25, 0.3) is 0 Å². The second-order valence-corrected chi connectivity index (χ2v) is 6.02. The first-order valence-electron chi connectivity index (χ1n) is 4.62. The van der Waals surface area contributed by atoms with Crippen LogP contribution in [0.2, 0.25) is 0 Å². The van der Waals surface area contributed by atoms with Crippen LogP contribution < -0.4 is 0 Å². The van der Waals surface area contributed by atoms with E-state index in [4.69, 9.17) is 18.0 Å². The van der Waals surface area contributed by atoms with Gasteiger partial charge in [-0.1, -0.05) is 13.0 Å².